The van der Waals surface area contributed by atoms with E-state index in [9.17, 15) is 19.5 Å². The fraction of sp³-hybridized carbons (Fsp3) is 0.423. The molecule has 0 radical (unpaired) electrons. The van der Waals surface area contributed by atoms with Crippen molar-refractivity contribution in [3.8, 4) is 11.1 Å². The van der Waals surface area contributed by atoms with Crippen molar-refractivity contribution in [1.29, 1.82) is 0 Å². The lowest BCUT2D eigenvalue weighted by atomic mass is 9.98. The van der Waals surface area contributed by atoms with E-state index in [4.69, 9.17) is 4.74 Å². The van der Waals surface area contributed by atoms with E-state index >= 15 is 0 Å². The third-order valence-corrected chi connectivity index (χ3v) is 6.69. The van der Waals surface area contributed by atoms with Crippen LogP contribution >= 0.6 is 11.8 Å². The van der Waals surface area contributed by atoms with E-state index in [0.717, 1.165) is 22.3 Å². The second-order valence-corrected chi connectivity index (χ2v) is 9.78. The molecule has 2 atom stereocenters. The molecule has 0 aliphatic heterocycles. The Bertz CT molecular complexity index is 1000. The molecule has 1 aliphatic rings. The largest absolute Gasteiger partial charge is 0.480 e. The highest BCUT2D eigenvalue weighted by Crippen LogP contribution is 2.44. The molecule has 8 nitrogen and oxygen atoms in total. The molecule has 2 aromatic carbocycles. The number of benzene rings is 2. The third kappa shape index (κ3) is 6.99. The van der Waals surface area contributed by atoms with Crippen LogP contribution in [0.3, 0.4) is 0 Å². The minimum Gasteiger partial charge on any atom is -0.480 e. The van der Waals surface area contributed by atoms with Crippen LogP contribution in [0.1, 0.15) is 29.9 Å². The van der Waals surface area contributed by atoms with Crippen LogP contribution in [0.15, 0.2) is 48.5 Å². The number of alkyl carbamates (subject to hydrolysis) is 1. The van der Waals surface area contributed by atoms with Gasteiger partial charge in [-0.15, -0.1) is 0 Å². The van der Waals surface area contributed by atoms with Crippen molar-refractivity contribution in [2.45, 2.75) is 30.8 Å². The van der Waals surface area contributed by atoms with Crippen LogP contribution in [0.4, 0.5) is 4.79 Å². The van der Waals surface area contributed by atoms with E-state index in [1.807, 2.05) is 61.6 Å². The number of carboxylic acid groups (broad SMARTS) is 1. The predicted octanol–water partition coefficient (Wildman–Crippen LogP) is 3.17. The van der Waals surface area contributed by atoms with Gasteiger partial charge in [0, 0.05) is 12.5 Å². The number of aliphatic carboxylic acids is 1. The zero-order valence-corrected chi connectivity index (χ0v) is 21.1. The van der Waals surface area contributed by atoms with Crippen LogP contribution in [0, 0.1) is 0 Å². The van der Waals surface area contributed by atoms with Gasteiger partial charge in [-0.2, -0.15) is 11.8 Å². The zero-order valence-electron chi connectivity index (χ0n) is 20.3. The molecule has 2 aromatic rings. The lowest BCUT2D eigenvalue weighted by Crippen LogP contribution is -2.52. The smallest absolute Gasteiger partial charge is 0.407 e. The first-order chi connectivity index (χ1) is 16.8. The molecular weight excluding hydrogens is 466 g/mol. The highest BCUT2D eigenvalue weighted by atomic mass is 32.2. The highest BCUT2D eigenvalue weighted by molar-refractivity contribution is 7.98. The summed E-state index contributed by atoms with van der Waals surface area (Å²) in [6, 6.07) is 14.2. The van der Waals surface area contributed by atoms with Gasteiger partial charge in [0.2, 0.25) is 5.91 Å². The number of hydrogen-bond acceptors (Lipinski definition) is 6. The number of rotatable bonds is 12. The van der Waals surface area contributed by atoms with Gasteiger partial charge in [-0.3, -0.25) is 4.79 Å². The van der Waals surface area contributed by atoms with Gasteiger partial charge in [0.15, 0.2) is 0 Å². The highest BCUT2D eigenvalue weighted by Gasteiger charge is 2.30. The fourth-order valence-corrected chi connectivity index (χ4v) is 4.68. The van der Waals surface area contributed by atoms with Crippen molar-refractivity contribution in [1.82, 2.24) is 15.5 Å². The van der Waals surface area contributed by atoms with Crippen LogP contribution < -0.4 is 10.6 Å². The Morgan fingerprint density at radius 3 is 2.11 bits per heavy atom. The number of nitrogens with one attached hydrogen (secondary N) is 2. The summed E-state index contributed by atoms with van der Waals surface area (Å²) in [5.74, 6) is -1.10. The van der Waals surface area contributed by atoms with E-state index in [1.54, 1.807) is 0 Å². The van der Waals surface area contributed by atoms with E-state index in [2.05, 4.69) is 22.8 Å². The van der Waals surface area contributed by atoms with Crippen LogP contribution in [0.2, 0.25) is 0 Å². The maximum atomic E-state index is 12.9. The Hall–Kier alpha value is -3.04. The van der Waals surface area contributed by atoms with Gasteiger partial charge in [-0.25, -0.2) is 9.59 Å². The first-order valence-corrected chi connectivity index (χ1v) is 13.0. The Morgan fingerprint density at radius 2 is 1.57 bits per heavy atom. The summed E-state index contributed by atoms with van der Waals surface area (Å²) in [6.07, 6.45) is 1.82. The van der Waals surface area contributed by atoms with Crippen molar-refractivity contribution in [3.63, 3.8) is 0 Å². The molecule has 35 heavy (non-hydrogen) atoms. The van der Waals surface area contributed by atoms with Crippen molar-refractivity contribution < 1.29 is 24.2 Å². The quantitative estimate of drug-likeness (QED) is 0.412. The van der Waals surface area contributed by atoms with Gasteiger partial charge in [0.05, 0.1) is 0 Å². The van der Waals surface area contributed by atoms with Crippen LogP contribution in [0.25, 0.3) is 11.1 Å². The molecule has 188 valence electrons. The number of carboxylic acids is 1. The first kappa shape index (κ1) is 26.6. The number of carbonyl (C=O) groups excluding carboxylic acids is 2. The summed E-state index contributed by atoms with van der Waals surface area (Å²) in [5, 5.41) is 14.7. The van der Waals surface area contributed by atoms with Gasteiger partial charge in [0.1, 0.15) is 18.7 Å². The number of hydrogen-bond donors (Lipinski definition) is 3. The van der Waals surface area contributed by atoms with E-state index in [1.165, 1.54) is 11.8 Å². The minimum atomic E-state index is -1.11. The molecule has 0 bridgehead atoms. The summed E-state index contributed by atoms with van der Waals surface area (Å²) in [7, 11) is 3.67. The van der Waals surface area contributed by atoms with E-state index < -0.39 is 30.1 Å². The van der Waals surface area contributed by atoms with Crippen molar-refractivity contribution >= 4 is 29.7 Å². The van der Waals surface area contributed by atoms with Crippen molar-refractivity contribution in [2.75, 3.05) is 39.3 Å². The van der Waals surface area contributed by atoms with E-state index in [0.29, 0.717) is 18.7 Å². The van der Waals surface area contributed by atoms with Crippen molar-refractivity contribution in [2.24, 2.45) is 0 Å². The average Bonchev–Trinajstić information content (AvgIpc) is 3.16. The Balaban J connectivity index is 1.63. The Kier molecular flexibility index (Phi) is 9.56. The van der Waals surface area contributed by atoms with Gasteiger partial charge >= 0.3 is 12.1 Å². The monoisotopic (exact) mass is 499 g/mol. The molecule has 0 saturated heterocycles. The standard InChI is InChI=1S/C26H33N3O5S/c1-29(2)14-12-23(25(31)32)27-24(30)22(13-15-35-3)28-26(33)34-16-21-19-10-6-4-8-17(19)18-9-5-7-11-20(18)21/h4-11,21-23H,12-16H2,1-3H3,(H,27,30)(H,28,33)(H,31,32). The van der Waals surface area contributed by atoms with Gasteiger partial charge < -0.3 is 25.4 Å². The van der Waals surface area contributed by atoms with Crippen LogP contribution in [-0.2, 0) is 14.3 Å². The normalized spacial score (nSPS) is 14.1. The third-order valence-electron chi connectivity index (χ3n) is 6.04. The molecule has 0 heterocycles. The number of amides is 2. The summed E-state index contributed by atoms with van der Waals surface area (Å²) in [5.41, 5.74) is 4.46. The SMILES string of the molecule is CSCCC(NC(=O)OCC1c2ccccc2-c2ccccc21)C(=O)NC(CCN(C)C)C(=O)O. The molecular formula is C26H33N3O5S. The molecule has 9 heteroatoms. The number of nitrogens with zero attached hydrogens (tertiary/aromatic N) is 1. The van der Waals surface area contributed by atoms with Crippen molar-refractivity contribution in [3.05, 3.63) is 59.7 Å². The number of ether oxygens (including phenoxy) is 1. The van der Waals surface area contributed by atoms with E-state index in [-0.39, 0.29) is 18.9 Å². The zero-order chi connectivity index (χ0) is 25.4. The second kappa shape index (κ2) is 12.6. The Labute approximate surface area is 210 Å². The lowest BCUT2D eigenvalue weighted by molar-refractivity contribution is -0.142. The molecule has 2 unspecified atom stereocenters. The maximum Gasteiger partial charge on any atom is 0.407 e. The molecule has 3 rings (SSSR count). The molecule has 0 spiro atoms. The van der Waals surface area contributed by atoms with Crippen LogP contribution in [-0.4, -0.2) is 79.3 Å². The topological polar surface area (TPSA) is 108 Å². The number of fused-ring (bicyclic) bond motifs is 3. The summed E-state index contributed by atoms with van der Waals surface area (Å²) in [4.78, 5) is 39.0. The molecule has 1 aliphatic carbocycles. The van der Waals surface area contributed by atoms with Crippen LogP contribution in [0.5, 0.6) is 0 Å². The summed E-state index contributed by atoms with van der Waals surface area (Å²) < 4.78 is 5.57. The molecule has 3 N–H and O–H groups in total. The molecule has 0 fully saturated rings. The maximum absolute atomic E-state index is 12.9. The second-order valence-electron chi connectivity index (χ2n) is 8.80. The summed E-state index contributed by atoms with van der Waals surface area (Å²) in [6.45, 7) is 0.643. The van der Waals surface area contributed by atoms with Gasteiger partial charge in [0.25, 0.3) is 0 Å². The predicted molar refractivity (Wildman–Crippen MR) is 138 cm³/mol. The molecule has 0 aromatic heterocycles. The lowest BCUT2D eigenvalue weighted by Gasteiger charge is -2.22. The fourth-order valence-electron chi connectivity index (χ4n) is 4.20. The van der Waals surface area contributed by atoms with Gasteiger partial charge in [-0.1, -0.05) is 48.5 Å². The average molecular weight is 500 g/mol. The Morgan fingerprint density at radius 1 is 0.971 bits per heavy atom. The summed E-state index contributed by atoms with van der Waals surface area (Å²) >= 11 is 1.54. The molecule has 2 amide bonds. The first-order valence-electron chi connectivity index (χ1n) is 11.6. The number of carbonyl (C=O) groups is 3. The minimum absolute atomic E-state index is 0.0888. The molecule has 0 saturated carbocycles. The number of thioether (sulfide) groups is 1. The van der Waals surface area contributed by atoms with Gasteiger partial charge in [-0.05, 0) is 61.2 Å².